The summed E-state index contributed by atoms with van der Waals surface area (Å²) in [6, 6.07) is 0. The van der Waals surface area contributed by atoms with Crippen LogP contribution in [-0.2, 0) is 14.4 Å². The van der Waals surface area contributed by atoms with Crippen molar-refractivity contribution in [2.24, 2.45) is 0 Å². The van der Waals surface area contributed by atoms with E-state index in [0.29, 0.717) is 19.3 Å². The Morgan fingerprint density at radius 2 is 0.661 bits per heavy atom. The Hall–Kier alpha value is -1.63. The zero-order chi connectivity index (χ0) is 43.5. The molecular weight excluding hydrogens is 733 g/mol. The fourth-order valence-corrected chi connectivity index (χ4v) is 8.14. The van der Waals surface area contributed by atoms with Gasteiger partial charge in [0, 0.05) is 19.3 Å². The van der Waals surface area contributed by atoms with Crippen LogP contribution in [0.1, 0.15) is 278 Å². The number of hydrogen-bond donors (Lipinski definition) is 3. The van der Waals surface area contributed by atoms with Crippen molar-refractivity contribution in [3.63, 3.8) is 0 Å². The molecule has 0 aromatic carbocycles. The van der Waals surface area contributed by atoms with Gasteiger partial charge in [-0.25, -0.2) is 0 Å². The second-order valence-corrected chi connectivity index (χ2v) is 17.9. The lowest BCUT2D eigenvalue weighted by Crippen LogP contribution is -2.61. The number of aliphatic hydroxyl groups excluding tert-OH is 2. The van der Waals surface area contributed by atoms with Crippen LogP contribution in [0.15, 0.2) is 24.3 Å². The molecule has 346 valence electrons. The van der Waals surface area contributed by atoms with E-state index in [4.69, 9.17) is 0 Å². The topological polar surface area (TPSA) is 112 Å². The summed E-state index contributed by atoms with van der Waals surface area (Å²) >= 11 is 0. The molecule has 0 spiro atoms. The highest BCUT2D eigenvalue weighted by Gasteiger charge is 2.52. The van der Waals surface area contributed by atoms with Crippen LogP contribution in [-0.4, -0.2) is 50.5 Å². The summed E-state index contributed by atoms with van der Waals surface area (Å²) in [5.41, 5.74) is -2.76. The first kappa shape index (κ1) is 57.4. The Morgan fingerprint density at radius 1 is 0.390 bits per heavy atom. The maximum Gasteiger partial charge on any atom is 0.210 e. The van der Waals surface area contributed by atoms with Crippen LogP contribution in [0.4, 0.5) is 0 Å². The van der Waals surface area contributed by atoms with Gasteiger partial charge in [0.15, 0.2) is 17.3 Å². The molecule has 0 bridgehead atoms. The molecule has 59 heavy (non-hydrogen) atoms. The predicted molar refractivity (Wildman–Crippen MR) is 252 cm³/mol. The van der Waals surface area contributed by atoms with Gasteiger partial charge in [0.05, 0.1) is 0 Å². The van der Waals surface area contributed by atoms with Crippen molar-refractivity contribution < 1.29 is 29.7 Å². The van der Waals surface area contributed by atoms with Crippen molar-refractivity contribution in [1.82, 2.24) is 0 Å². The largest absolute Gasteiger partial charge is 0.386 e. The minimum absolute atomic E-state index is 0.0406. The van der Waals surface area contributed by atoms with Gasteiger partial charge in [0.1, 0.15) is 12.2 Å². The first-order chi connectivity index (χ1) is 28.8. The van der Waals surface area contributed by atoms with E-state index in [1.807, 2.05) is 0 Å². The smallest absolute Gasteiger partial charge is 0.210 e. The van der Waals surface area contributed by atoms with Gasteiger partial charge in [0.2, 0.25) is 5.60 Å². The molecule has 0 saturated carbocycles. The first-order valence-electron chi connectivity index (χ1n) is 25.7. The number of hydrogen-bond acceptors (Lipinski definition) is 6. The highest BCUT2D eigenvalue weighted by molar-refractivity contribution is 6.11. The number of carbonyl (C=O) groups excluding carboxylic acids is 3. The average molecular weight is 831 g/mol. The number of allylic oxidation sites excluding steroid dienone is 4. The SMILES string of the molecule is CCCCC/C=C\C/C=C\CCCCCCCC(=O)C(O)C(O)C(O)(C(=O)CCCCCCCCCCCCCCC)C(=O)CCCCCCCCCCCCCCC. The summed E-state index contributed by atoms with van der Waals surface area (Å²) in [7, 11) is 0. The molecule has 0 rings (SSSR count). The average Bonchev–Trinajstić information content (AvgIpc) is 3.24. The van der Waals surface area contributed by atoms with Gasteiger partial charge < -0.3 is 15.3 Å². The fourth-order valence-electron chi connectivity index (χ4n) is 8.14. The van der Waals surface area contributed by atoms with E-state index in [2.05, 4.69) is 45.1 Å². The minimum Gasteiger partial charge on any atom is -0.386 e. The molecule has 0 aromatic heterocycles. The second-order valence-electron chi connectivity index (χ2n) is 17.9. The summed E-state index contributed by atoms with van der Waals surface area (Å²) < 4.78 is 0. The Morgan fingerprint density at radius 3 is 1.02 bits per heavy atom. The van der Waals surface area contributed by atoms with Crippen LogP contribution in [0.3, 0.4) is 0 Å². The Balaban J connectivity index is 4.80. The first-order valence-corrected chi connectivity index (χ1v) is 25.7. The highest BCUT2D eigenvalue weighted by Crippen LogP contribution is 2.26. The summed E-state index contributed by atoms with van der Waals surface area (Å²) in [5.74, 6) is -2.16. The maximum absolute atomic E-state index is 13.6. The number of ketones is 3. The third-order valence-electron chi connectivity index (χ3n) is 12.3. The van der Waals surface area contributed by atoms with Gasteiger partial charge in [-0.1, -0.05) is 231 Å². The molecule has 0 saturated heterocycles. The number of rotatable bonds is 47. The van der Waals surface area contributed by atoms with E-state index in [1.165, 1.54) is 135 Å². The monoisotopic (exact) mass is 831 g/mol. The summed E-state index contributed by atoms with van der Waals surface area (Å²) in [5, 5.41) is 33.8. The van der Waals surface area contributed by atoms with E-state index < -0.39 is 35.2 Å². The number of carbonyl (C=O) groups is 3. The minimum atomic E-state index is -2.76. The predicted octanol–water partition coefficient (Wildman–Crippen LogP) is 14.9. The Labute approximate surface area is 365 Å². The van der Waals surface area contributed by atoms with Gasteiger partial charge in [0.25, 0.3) is 0 Å². The fraction of sp³-hybridized carbons (Fsp3) is 0.868. The molecule has 3 N–H and O–H groups in total. The highest BCUT2D eigenvalue weighted by atomic mass is 16.4. The molecule has 0 aliphatic carbocycles. The molecule has 0 aliphatic rings. The van der Waals surface area contributed by atoms with E-state index in [0.717, 1.165) is 83.5 Å². The molecule has 0 amide bonds. The molecule has 2 unspecified atom stereocenters. The van der Waals surface area contributed by atoms with Crippen LogP contribution in [0.2, 0.25) is 0 Å². The van der Waals surface area contributed by atoms with Crippen molar-refractivity contribution in [3.05, 3.63) is 24.3 Å². The van der Waals surface area contributed by atoms with E-state index in [-0.39, 0.29) is 19.3 Å². The lowest BCUT2D eigenvalue weighted by molar-refractivity contribution is -0.174. The van der Waals surface area contributed by atoms with Crippen LogP contribution in [0.5, 0.6) is 0 Å². The second kappa shape index (κ2) is 43.0. The van der Waals surface area contributed by atoms with E-state index in [1.54, 1.807) is 0 Å². The van der Waals surface area contributed by atoms with Gasteiger partial charge in [-0.15, -0.1) is 0 Å². The third kappa shape index (κ3) is 32.7. The molecule has 0 aromatic rings. The summed E-state index contributed by atoms with van der Waals surface area (Å²) in [4.78, 5) is 40.1. The quantitative estimate of drug-likeness (QED) is 0.0320. The van der Waals surface area contributed by atoms with Crippen molar-refractivity contribution in [1.29, 1.82) is 0 Å². The van der Waals surface area contributed by atoms with E-state index in [9.17, 15) is 29.7 Å². The third-order valence-corrected chi connectivity index (χ3v) is 12.3. The van der Waals surface area contributed by atoms with Crippen LogP contribution in [0, 0.1) is 0 Å². The van der Waals surface area contributed by atoms with Crippen LogP contribution >= 0.6 is 0 Å². The normalized spacial score (nSPS) is 13.2. The van der Waals surface area contributed by atoms with Gasteiger partial charge in [-0.2, -0.15) is 0 Å². The summed E-state index contributed by atoms with van der Waals surface area (Å²) in [6.07, 6.45) is 46.2. The Kier molecular flexibility index (Phi) is 41.8. The lowest BCUT2D eigenvalue weighted by atomic mass is 9.79. The summed E-state index contributed by atoms with van der Waals surface area (Å²) in [6.45, 7) is 6.71. The Bertz CT molecular complexity index is 975. The number of Topliss-reactive ketones (excluding diaryl/α,β-unsaturated/α-hetero) is 3. The van der Waals surface area contributed by atoms with Crippen LogP contribution in [0.25, 0.3) is 0 Å². The molecule has 6 heteroatoms. The molecular formula is C53H98O6. The van der Waals surface area contributed by atoms with Crippen LogP contribution < -0.4 is 0 Å². The number of aliphatic hydroxyl groups is 3. The van der Waals surface area contributed by atoms with Gasteiger partial charge >= 0.3 is 0 Å². The zero-order valence-electron chi connectivity index (χ0n) is 39.3. The van der Waals surface area contributed by atoms with Crippen molar-refractivity contribution >= 4 is 17.3 Å². The van der Waals surface area contributed by atoms with Crippen molar-refractivity contribution in [2.45, 2.75) is 295 Å². The van der Waals surface area contributed by atoms with Crippen molar-refractivity contribution in [2.75, 3.05) is 0 Å². The molecule has 0 heterocycles. The maximum atomic E-state index is 13.6. The van der Waals surface area contributed by atoms with Gasteiger partial charge in [-0.05, 0) is 51.4 Å². The standard InChI is InChI=1S/C53H98O6/c1-4-7-10-13-16-19-22-25-26-29-30-33-36-39-42-45-48(54)51(57)52(58)53(59,49(55)46-43-40-37-34-31-27-23-20-17-14-11-8-5-2)50(56)47-44-41-38-35-32-28-24-21-18-15-12-9-6-3/h16,19,25-26,51-52,57-59H,4-15,17-18,20-24,27-47H2,1-3H3/b19-16-,26-25-. The zero-order valence-corrected chi connectivity index (χ0v) is 39.3. The molecule has 0 aliphatic heterocycles. The van der Waals surface area contributed by atoms with Gasteiger partial charge in [-0.3, -0.25) is 14.4 Å². The van der Waals surface area contributed by atoms with Crippen molar-refractivity contribution in [3.8, 4) is 0 Å². The number of unbranched alkanes of at least 4 members (excludes halogenated alkanes) is 32. The molecule has 0 fully saturated rings. The lowest BCUT2D eigenvalue weighted by Gasteiger charge is -2.32. The molecule has 6 nitrogen and oxygen atoms in total. The molecule has 0 radical (unpaired) electrons. The van der Waals surface area contributed by atoms with E-state index >= 15 is 0 Å². The molecule has 2 atom stereocenters.